The number of hydrogen-bond acceptors (Lipinski definition) is 4. The topological polar surface area (TPSA) is 58.4 Å². The molecule has 1 aromatic carbocycles. The van der Waals surface area contributed by atoms with Gasteiger partial charge in [-0.1, -0.05) is 24.6 Å². The van der Waals surface area contributed by atoms with Crippen LogP contribution >= 0.6 is 0 Å². The number of fused-ring (bicyclic) bond motifs is 2. The molecule has 2 aliphatic carbocycles. The van der Waals surface area contributed by atoms with Gasteiger partial charge in [-0.3, -0.25) is 14.7 Å². The SMILES string of the molecule is O=C(NC1CCC(CCN2CCCCC2c2coc3cccc-3c2)CC1)c1ccc2ncccc2c1. The molecule has 6 rings (SSSR count). The van der Waals surface area contributed by atoms with E-state index in [0.717, 1.165) is 47.5 Å². The number of likely N-dealkylation sites (tertiary alicyclic amines) is 1. The average Bonchev–Trinajstić information content (AvgIpc) is 3.41. The van der Waals surface area contributed by atoms with E-state index < -0.39 is 0 Å². The van der Waals surface area contributed by atoms with Crippen LogP contribution in [0.15, 0.2) is 71.5 Å². The summed E-state index contributed by atoms with van der Waals surface area (Å²) in [5.41, 5.74) is 4.18. The molecule has 3 heterocycles. The monoisotopic (exact) mass is 481 g/mol. The fourth-order valence-electron chi connectivity index (χ4n) is 6.23. The maximum absolute atomic E-state index is 12.9. The third-order valence-corrected chi connectivity index (χ3v) is 8.32. The second-order valence-corrected chi connectivity index (χ2v) is 10.7. The Hall–Kier alpha value is -3.18. The van der Waals surface area contributed by atoms with E-state index in [1.54, 1.807) is 6.20 Å². The van der Waals surface area contributed by atoms with E-state index in [0.29, 0.717) is 6.04 Å². The maximum Gasteiger partial charge on any atom is 0.251 e. The van der Waals surface area contributed by atoms with Gasteiger partial charge < -0.3 is 9.73 Å². The predicted molar refractivity (Wildman–Crippen MR) is 143 cm³/mol. The first-order valence-electron chi connectivity index (χ1n) is 13.6. The largest absolute Gasteiger partial charge is 0.464 e. The van der Waals surface area contributed by atoms with Crippen LogP contribution in [0.2, 0.25) is 0 Å². The van der Waals surface area contributed by atoms with Gasteiger partial charge in [0.05, 0.1) is 11.8 Å². The Labute approximate surface area is 213 Å². The van der Waals surface area contributed by atoms with Crippen LogP contribution in [-0.2, 0) is 0 Å². The lowest BCUT2D eigenvalue weighted by Crippen LogP contribution is -2.39. The van der Waals surface area contributed by atoms with Crippen LogP contribution in [0.3, 0.4) is 0 Å². The van der Waals surface area contributed by atoms with Crippen molar-refractivity contribution in [3.8, 4) is 11.3 Å². The molecule has 1 N–H and O–H groups in total. The van der Waals surface area contributed by atoms with Crippen molar-refractivity contribution in [3.05, 3.63) is 78.2 Å². The highest BCUT2D eigenvalue weighted by Crippen LogP contribution is 2.36. The van der Waals surface area contributed by atoms with Crippen LogP contribution in [0.4, 0.5) is 0 Å². The lowest BCUT2D eigenvalue weighted by Gasteiger charge is -2.37. The van der Waals surface area contributed by atoms with Crippen LogP contribution in [0.25, 0.3) is 22.2 Å². The number of amides is 1. The van der Waals surface area contributed by atoms with Gasteiger partial charge in [0.25, 0.3) is 5.91 Å². The predicted octanol–water partition coefficient (Wildman–Crippen LogP) is 6.84. The molecule has 0 radical (unpaired) electrons. The third kappa shape index (κ3) is 5.03. The summed E-state index contributed by atoms with van der Waals surface area (Å²) in [6, 6.07) is 19.0. The lowest BCUT2D eigenvalue weighted by atomic mass is 9.83. The number of nitrogens with one attached hydrogen (secondary N) is 1. The molecule has 2 aromatic rings. The molecule has 2 fully saturated rings. The molecule has 1 saturated carbocycles. The molecular weight excluding hydrogens is 446 g/mol. The summed E-state index contributed by atoms with van der Waals surface area (Å²) >= 11 is 0. The molecular formula is C31H35N3O2. The smallest absolute Gasteiger partial charge is 0.251 e. The maximum atomic E-state index is 12.9. The minimum Gasteiger partial charge on any atom is -0.464 e. The van der Waals surface area contributed by atoms with Crippen molar-refractivity contribution in [1.82, 2.24) is 15.2 Å². The Morgan fingerprint density at radius 1 is 1.00 bits per heavy atom. The number of rotatable bonds is 6. The van der Waals surface area contributed by atoms with Gasteiger partial charge in [0.2, 0.25) is 0 Å². The zero-order valence-electron chi connectivity index (χ0n) is 20.9. The van der Waals surface area contributed by atoms with E-state index in [4.69, 9.17) is 4.42 Å². The second kappa shape index (κ2) is 10.4. The number of benzene rings is 1. The van der Waals surface area contributed by atoms with E-state index in [-0.39, 0.29) is 11.9 Å². The van der Waals surface area contributed by atoms with Crippen molar-refractivity contribution in [2.75, 3.05) is 13.1 Å². The second-order valence-electron chi connectivity index (χ2n) is 10.7. The number of carbonyl (C=O) groups is 1. The van der Waals surface area contributed by atoms with Gasteiger partial charge in [0.1, 0.15) is 5.76 Å². The first kappa shape index (κ1) is 23.2. The third-order valence-electron chi connectivity index (χ3n) is 8.32. The highest BCUT2D eigenvalue weighted by molar-refractivity contribution is 5.98. The van der Waals surface area contributed by atoms with E-state index in [9.17, 15) is 4.79 Å². The molecule has 1 unspecified atom stereocenters. The summed E-state index contributed by atoms with van der Waals surface area (Å²) in [5.74, 6) is 1.75. The highest BCUT2D eigenvalue weighted by Gasteiger charge is 2.28. The van der Waals surface area contributed by atoms with E-state index in [1.165, 1.54) is 56.2 Å². The number of hydrogen-bond donors (Lipinski definition) is 1. The Bertz CT molecular complexity index is 1290. The van der Waals surface area contributed by atoms with Gasteiger partial charge in [-0.25, -0.2) is 0 Å². The zero-order chi connectivity index (χ0) is 24.3. The Morgan fingerprint density at radius 3 is 2.83 bits per heavy atom. The molecule has 1 saturated heterocycles. The summed E-state index contributed by atoms with van der Waals surface area (Å²) in [7, 11) is 0. The zero-order valence-corrected chi connectivity index (χ0v) is 20.9. The van der Waals surface area contributed by atoms with Crippen molar-refractivity contribution in [2.45, 2.75) is 63.5 Å². The summed E-state index contributed by atoms with van der Waals surface area (Å²) in [6.07, 6.45) is 13.3. The normalized spacial score (nSPS) is 23.2. The average molecular weight is 482 g/mol. The number of piperidine rings is 1. The van der Waals surface area contributed by atoms with Crippen molar-refractivity contribution < 1.29 is 9.21 Å². The van der Waals surface area contributed by atoms with Crippen LogP contribution in [0, 0.1) is 5.92 Å². The number of pyridine rings is 1. The van der Waals surface area contributed by atoms with Gasteiger partial charge in [-0.05, 0) is 100 Å². The van der Waals surface area contributed by atoms with Gasteiger partial charge >= 0.3 is 0 Å². The Balaban J connectivity index is 1.01. The lowest BCUT2D eigenvalue weighted by molar-refractivity contribution is 0.0916. The van der Waals surface area contributed by atoms with E-state index in [1.807, 2.05) is 42.7 Å². The Morgan fingerprint density at radius 2 is 1.92 bits per heavy atom. The number of nitrogens with zero attached hydrogens (tertiary/aromatic N) is 2. The van der Waals surface area contributed by atoms with Crippen molar-refractivity contribution >= 4 is 16.8 Å². The highest BCUT2D eigenvalue weighted by atomic mass is 16.3. The summed E-state index contributed by atoms with van der Waals surface area (Å²) in [4.78, 5) is 19.9. The molecule has 0 spiro atoms. The van der Waals surface area contributed by atoms with Gasteiger partial charge in [-0.2, -0.15) is 0 Å². The molecule has 36 heavy (non-hydrogen) atoms. The van der Waals surface area contributed by atoms with Gasteiger partial charge in [-0.15, -0.1) is 0 Å². The fourth-order valence-corrected chi connectivity index (χ4v) is 6.23. The van der Waals surface area contributed by atoms with Crippen molar-refractivity contribution in [2.24, 2.45) is 5.92 Å². The molecule has 0 bridgehead atoms. The molecule has 5 heteroatoms. The van der Waals surface area contributed by atoms with Crippen LogP contribution < -0.4 is 5.32 Å². The van der Waals surface area contributed by atoms with E-state index >= 15 is 0 Å². The molecule has 1 aromatic heterocycles. The van der Waals surface area contributed by atoms with Crippen molar-refractivity contribution in [1.29, 1.82) is 0 Å². The summed E-state index contributed by atoms with van der Waals surface area (Å²) < 4.78 is 5.91. The van der Waals surface area contributed by atoms with Crippen LogP contribution in [0.1, 0.15) is 73.3 Å². The molecule has 5 nitrogen and oxygen atoms in total. The van der Waals surface area contributed by atoms with Gasteiger partial charge in [0, 0.05) is 40.4 Å². The number of carbonyl (C=O) groups excluding carboxylic acids is 1. The van der Waals surface area contributed by atoms with Gasteiger partial charge in [0.15, 0.2) is 0 Å². The number of aromatic nitrogens is 1. The van der Waals surface area contributed by atoms with Crippen LogP contribution in [0.5, 0.6) is 0 Å². The minimum absolute atomic E-state index is 0.0348. The van der Waals surface area contributed by atoms with E-state index in [2.05, 4.69) is 33.4 Å². The Kier molecular flexibility index (Phi) is 6.73. The molecule has 4 aliphatic rings. The molecule has 1 amide bonds. The van der Waals surface area contributed by atoms with Crippen molar-refractivity contribution in [3.63, 3.8) is 0 Å². The standard InChI is InChI=1S/C31H35N3O2/c35-31(25-11-14-28-23(19-25)6-4-16-32-28)33-27-12-9-22(10-13-27)15-18-34-17-2-1-7-29(34)26-20-24-5-3-8-30(24)36-21-26/h3-6,8,11,14,16,19-22,27,29H,1-2,7,9-10,12-13,15,17-18H2,(H,33,35). The quantitative estimate of drug-likeness (QED) is 0.328. The molecule has 2 aliphatic heterocycles. The molecule has 186 valence electrons. The summed E-state index contributed by atoms with van der Waals surface area (Å²) in [6.45, 7) is 2.33. The summed E-state index contributed by atoms with van der Waals surface area (Å²) in [5, 5.41) is 4.29. The fraction of sp³-hybridized carbons (Fsp3) is 0.419. The van der Waals surface area contributed by atoms with Crippen LogP contribution in [-0.4, -0.2) is 34.9 Å². The molecule has 1 atom stereocenters. The minimum atomic E-state index is 0.0348. The first-order valence-corrected chi connectivity index (χ1v) is 13.6. The first-order chi connectivity index (χ1) is 17.7.